The molecule has 5 heteroatoms. The van der Waals surface area contributed by atoms with Gasteiger partial charge in [0.05, 0.1) is 23.1 Å². The third-order valence-electron chi connectivity index (χ3n) is 2.77. The molecule has 19 heavy (non-hydrogen) atoms. The van der Waals surface area contributed by atoms with Gasteiger partial charge >= 0.3 is 5.97 Å². The van der Waals surface area contributed by atoms with Crippen molar-refractivity contribution in [3.05, 3.63) is 35.4 Å². The molecule has 1 unspecified atom stereocenters. The quantitative estimate of drug-likeness (QED) is 0.878. The molecule has 0 heterocycles. The molecule has 0 spiro atoms. The maximum Gasteiger partial charge on any atom is 0.336 e. The highest BCUT2D eigenvalue weighted by Gasteiger charge is 2.21. The van der Waals surface area contributed by atoms with Crippen LogP contribution in [-0.4, -0.2) is 35.0 Å². The van der Waals surface area contributed by atoms with Gasteiger partial charge in [-0.15, -0.1) is 0 Å². The summed E-state index contributed by atoms with van der Waals surface area (Å²) in [6.07, 6.45) is 0. The smallest absolute Gasteiger partial charge is 0.336 e. The van der Waals surface area contributed by atoms with Crippen LogP contribution in [0.4, 0.5) is 0 Å². The number of nitriles is 1. The summed E-state index contributed by atoms with van der Waals surface area (Å²) in [5.41, 5.74) is 0.137. The van der Waals surface area contributed by atoms with Crippen LogP contribution < -0.4 is 0 Å². The number of nitrogens with zero attached hydrogens (tertiary/aromatic N) is 2. The third-order valence-corrected chi connectivity index (χ3v) is 2.77. The second-order valence-electron chi connectivity index (χ2n) is 4.22. The maximum absolute atomic E-state index is 12.3. The zero-order chi connectivity index (χ0) is 14.4. The normalized spacial score (nSPS) is 11.4. The Hall–Kier alpha value is -2.35. The van der Waals surface area contributed by atoms with E-state index in [1.54, 1.807) is 26.0 Å². The molecule has 1 atom stereocenters. The molecule has 1 aromatic rings. The van der Waals surface area contributed by atoms with E-state index < -0.39 is 5.97 Å². The zero-order valence-electron chi connectivity index (χ0n) is 11.0. The molecular formula is C14H16N2O3. The molecule has 0 aliphatic heterocycles. The van der Waals surface area contributed by atoms with Crippen LogP contribution in [0.15, 0.2) is 24.3 Å². The van der Waals surface area contributed by atoms with Gasteiger partial charge in [-0.25, -0.2) is 4.79 Å². The van der Waals surface area contributed by atoms with Crippen molar-refractivity contribution in [3.8, 4) is 6.07 Å². The Morgan fingerprint density at radius 3 is 2.42 bits per heavy atom. The van der Waals surface area contributed by atoms with E-state index in [9.17, 15) is 9.59 Å². The van der Waals surface area contributed by atoms with Crippen LogP contribution in [0, 0.1) is 17.2 Å². The van der Waals surface area contributed by atoms with Gasteiger partial charge in [0.1, 0.15) is 0 Å². The molecular weight excluding hydrogens is 244 g/mol. The van der Waals surface area contributed by atoms with Crippen LogP contribution in [0.3, 0.4) is 0 Å². The van der Waals surface area contributed by atoms with E-state index in [2.05, 4.69) is 6.07 Å². The highest BCUT2D eigenvalue weighted by atomic mass is 16.4. The number of amides is 1. The number of hydrogen-bond donors (Lipinski definition) is 1. The number of benzene rings is 1. The van der Waals surface area contributed by atoms with Crippen molar-refractivity contribution in [2.75, 3.05) is 13.1 Å². The van der Waals surface area contributed by atoms with E-state index in [4.69, 9.17) is 10.4 Å². The van der Waals surface area contributed by atoms with Gasteiger partial charge in [0.15, 0.2) is 0 Å². The molecule has 100 valence electrons. The summed E-state index contributed by atoms with van der Waals surface area (Å²) in [5.74, 6) is -1.78. The van der Waals surface area contributed by atoms with E-state index in [0.717, 1.165) is 0 Å². The van der Waals surface area contributed by atoms with Crippen molar-refractivity contribution in [1.29, 1.82) is 5.26 Å². The van der Waals surface area contributed by atoms with Crippen LogP contribution in [0.5, 0.6) is 0 Å². The summed E-state index contributed by atoms with van der Waals surface area (Å²) in [5, 5.41) is 17.9. The van der Waals surface area contributed by atoms with Gasteiger partial charge < -0.3 is 10.0 Å². The number of rotatable bonds is 5. The Balaban J connectivity index is 3.05. The van der Waals surface area contributed by atoms with Gasteiger partial charge in [-0.1, -0.05) is 12.1 Å². The molecule has 0 aromatic heterocycles. The second kappa shape index (κ2) is 6.55. The third kappa shape index (κ3) is 3.55. The number of carboxylic acid groups (broad SMARTS) is 1. The Morgan fingerprint density at radius 1 is 1.37 bits per heavy atom. The molecule has 5 nitrogen and oxygen atoms in total. The van der Waals surface area contributed by atoms with Gasteiger partial charge in [0, 0.05) is 13.1 Å². The summed E-state index contributed by atoms with van der Waals surface area (Å²) in [7, 11) is 0. The lowest BCUT2D eigenvalue weighted by Crippen LogP contribution is -2.35. The van der Waals surface area contributed by atoms with E-state index in [-0.39, 0.29) is 23.0 Å². The summed E-state index contributed by atoms with van der Waals surface area (Å²) >= 11 is 0. The molecule has 0 saturated heterocycles. The minimum Gasteiger partial charge on any atom is -0.478 e. The maximum atomic E-state index is 12.3. The summed E-state index contributed by atoms with van der Waals surface area (Å²) in [4.78, 5) is 24.9. The number of aromatic carboxylic acids is 1. The minimum absolute atomic E-state index is 0.0180. The first kappa shape index (κ1) is 14.7. The molecule has 0 radical (unpaired) electrons. The second-order valence-corrected chi connectivity index (χ2v) is 4.22. The molecule has 0 fully saturated rings. The van der Waals surface area contributed by atoms with Gasteiger partial charge in [0.25, 0.3) is 5.91 Å². The molecule has 0 aliphatic rings. The Kier molecular flexibility index (Phi) is 5.07. The minimum atomic E-state index is -1.13. The number of carbonyl (C=O) groups is 2. The number of hydrogen-bond acceptors (Lipinski definition) is 3. The van der Waals surface area contributed by atoms with E-state index in [1.165, 1.54) is 17.0 Å². The fraction of sp³-hybridized carbons (Fsp3) is 0.357. The molecule has 0 aliphatic carbocycles. The van der Waals surface area contributed by atoms with Crippen LogP contribution in [0.25, 0.3) is 0 Å². The Morgan fingerprint density at radius 2 is 1.95 bits per heavy atom. The van der Waals surface area contributed by atoms with Crippen LogP contribution in [0.2, 0.25) is 0 Å². The Labute approximate surface area is 112 Å². The summed E-state index contributed by atoms with van der Waals surface area (Å²) < 4.78 is 0. The van der Waals surface area contributed by atoms with Gasteiger partial charge in [-0.2, -0.15) is 5.26 Å². The van der Waals surface area contributed by atoms with Gasteiger partial charge in [-0.05, 0) is 26.0 Å². The van der Waals surface area contributed by atoms with Crippen LogP contribution >= 0.6 is 0 Å². The molecule has 1 N–H and O–H groups in total. The number of carbonyl (C=O) groups excluding carboxylic acids is 1. The largest absolute Gasteiger partial charge is 0.478 e. The van der Waals surface area contributed by atoms with Gasteiger partial charge in [0.2, 0.25) is 0 Å². The molecule has 0 saturated carbocycles. The first-order valence-corrected chi connectivity index (χ1v) is 6.02. The van der Waals surface area contributed by atoms with Crippen LogP contribution in [0.1, 0.15) is 34.6 Å². The lowest BCUT2D eigenvalue weighted by atomic mass is 10.1. The Bertz CT molecular complexity index is 520. The highest BCUT2D eigenvalue weighted by Crippen LogP contribution is 2.13. The van der Waals surface area contributed by atoms with Crippen molar-refractivity contribution in [3.63, 3.8) is 0 Å². The van der Waals surface area contributed by atoms with Crippen molar-refractivity contribution in [2.45, 2.75) is 13.8 Å². The average molecular weight is 260 g/mol. The lowest BCUT2D eigenvalue weighted by molar-refractivity contribution is 0.0674. The first-order chi connectivity index (χ1) is 9.01. The topological polar surface area (TPSA) is 81.4 Å². The fourth-order valence-electron chi connectivity index (χ4n) is 1.75. The molecule has 1 aromatic carbocycles. The zero-order valence-corrected chi connectivity index (χ0v) is 11.0. The average Bonchev–Trinajstić information content (AvgIpc) is 2.43. The fourth-order valence-corrected chi connectivity index (χ4v) is 1.75. The van der Waals surface area contributed by atoms with E-state index in [1.807, 2.05) is 0 Å². The van der Waals surface area contributed by atoms with Crippen molar-refractivity contribution in [1.82, 2.24) is 4.90 Å². The summed E-state index contributed by atoms with van der Waals surface area (Å²) in [6.45, 7) is 4.24. The predicted octanol–water partition coefficient (Wildman–Crippen LogP) is 2.01. The predicted molar refractivity (Wildman–Crippen MR) is 69.8 cm³/mol. The SMILES string of the molecule is CCN(CC(C)C#N)C(=O)c1ccccc1C(=O)O. The van der Waals surface area contributed by atoms with E-state index >= 15 is 0 Å². The number of carboxylic acids is 1. The molecule has 1 rings (SSSR count). The molecule has 0 bridgehead atoms. The van der Waals surface area contributed by atoms with Gasteiger partial charge in [-0.3, -0.25) is 4.79 Å². The highest BCUT2D eigenvalue weighted by molar-refractivity contribution is 6.04. The standard InChI is InChI=1S/C14H16N2O3/c1-3-16(9-10(2)8-15)13(17)11-6-4-5-7-12(11)14(18)19/h4-7,10H,3,9H2,1-2H3,(H,18,19). The molecule has 1 amide bonds. The van der Waals surface area contributed by atoms with Crippen molar-refractivity contribution in [2.24, 2.45) is 5.92 Å². The lowest BCUT2D eigenvalue weighted by Gasteiger charge is -2.22. The van der Waals surface area contributed by atoms with Crippen LogP contribution in [-0.2, 0) is 0 Å². The summed E-state index contributed by atoms with van der Waals surface area (Å²) in [6, 6.07) is 8.16. The van der Waals surface area contributed by atoms with Crippen molar-refractivity contribution < 1.29 is 14.7 Å². The van der Waals surface area contributed by atoms with Crippen molar-refractivity contribution >= 4 is 11.9 Å². The van der Waals surface area contributed by atoms with E-state index in [0.29, 0.717) is 13.1 Å². The monoisotopic (exact) mass is 260 g/mol. The first-order valence-electron chi connectivity index (χ1n) is 6.02.